The lowest BCUT2D eigenvalue weighted by Crippen LogP contribution is -2.28. The summed E-state index contributed by atoms with van der Waals surface area (Å²) in [6.07, 6.45) is 0. The van der Waals surface area contributed by atoms with Crippen molar-refractivity contribution in [3.63, 3.8) is 0 Å². The fourth-order valence-corrected chi connectivity index (χ4v) is 3.33. The van der Waals surface area contributed by atoms with Gasteiger partial charge in [-0.1, -0.05) is 42.5 Å². The third-order valence-corrected chi connectivity index (χ3v) is 4.89. The summed E-state index contributed by atoms with van der Waals surface area (Å²) >= 11 is 0. The summed E-state index contributed by atoms with van der Waals surface area (Å²) in [6, 6.07) is 18.2. The largest absolute Gasteiger partial charge is 0.345 e. The number of hydrogen-bond donors (Lipinski definition) is 2. The predicted octanol–water partition coefficient (Wildman–Crippen LogP) is 3.48. The highest BCUT2D eigenvalue weighted by Gasteiger charge is 2.19. The number of benzene rings is 2. The first-order valence-electron chi connectivity index (χ1n) is 9.89. The Bertz CT molecular complexity index is 1270. The number of para-hydroxylation sites is 1. The average Bonchev–Trinajstić information content (AvgIpc) is 3.19. The van der Waals surface area contributed by atoms with E-state index in [1.54, 1.807) is 24.3 Å². The second-order valence-corrected chi connectivity index (χ2v) is 7.29. The Labute approximate surface area is 179 Å². The summed E-state index contributed by atoms with van der Waals surface area (Å²) in [6.45, 7) is 5.63. The Morgan fingerprint density at radius 3 is 2.42 bits per heavy atom. The van der Waals surface area contributed by atoms with Crippen molar-refractivity contribution in [1.82, 2.24) is 24.9 Å². The van der Waals surface area contributed by atoms with E-state index < -0.39 is 5.91 Å². The summed E-state index contributed by atoms with van der Waals surface area (Å²) in [7, 11) is 0. The molecule has 0 aliphatic carbocycles. The van der Waals surface area contributed by atoms with Crippen LogP contribution >= 0.6 is 0 Å². The molecule has 2 aromatic carbocycles. The predicted molar refractivity (Wildman–Crippen MR) is 117 cm³/mol. The van der Waals surface area contributed by atoms with Gasteiger partial charge in [-0.05, 0) is 44.5 Å². The number of amides is 2. The highest BCUT2D eigenvalue weighted by Crippen LogP contribution is 2.18. The van der Waals surface area contributed by atoms with Gasteiger partial charge in [0.1, 0.15) is 0 Å². The molecule has 0 bridgehead atoms. The van der Waals surface area contributed by atoms with Gasteiger partial charge in [-0.3, -0.25) is 9.59 Å². The lowest BCUT2D eigenvalue weighted by atomic mass is 10.1. The number of nitrogens with zero attached hydrogens (tertiary/aromatic N) is 4. The van der Waals surface area contributed by atoms with E-state index in [1.165, 1.54) is 4.52 Å². The molecule has 0 radical (unpaired) electrons. The van der Waals surface area contributed by atoms with Gasteiger partial charge in [-0.15, -0.1) is 5.10 Å². The molecule has 0 fully saturated rings. The fraction of sp³-hybridized carbons (Fsp3) is 0.174. The maximum absolute atomic E-state index is 12.9. The Hall–Kier alpha value is -4.07. The van der Waals surface area contributed by atoms with Gasteiger partial charge < -0.3 is 10.6 Å². The molecule has 1 atom stereocenters. The Kier molecular flexibility index (Phi) is 5.44. The van der Waals surface area contributed by atoms with Crippen LogP contribution in [-0.2, 0) is 0 Å². The van der Waals surface area contributed by atoms with Gasteiger partial charge in [0.15, 0.2) is 0 Å². The highest BCUT2D eigenvalue weighted by molar-refractivity contribution is 6.07. The van der Waals surface area contributed by atoms with E-state index in [4.69, 9.17) is 0 Å². The van der Waals surface area contributed by atoms with Crippen LogP contribution in [0.3, 0.4) is 0 Å². The van der Waals surface area contributed by atoms with Crippen molar-refractivity contribution in [3.05, 3.63) is 89.0 Å². The van der Waals surface area contributed by atoms with E-state index in [1.807, 2.05) is 57.2 Å². The van der Waals surface area contributed by atoms with E-state index >= 15 is 0 Å². The maximum atomic E-state index is 12.9. The molecular formula is C23H22N6O2. The van der Waals surface area contributed by atoms with Gasteiger partial charge in [0, 0.05) is 11.4 Å². The smallest absolute Gasteiger partial charge is 0.295 e. The van der Waals surface area contributed by atoms with Gasteiger partial charge in [0.2, 0.25) is 5.82 Å². The highest BCUT2D eigenvalue weighted by atomic mass is 16.2. The number of anilines is 1. The normalized spacial score (nSPS) is 11.8. The van der Waals surface area contributed by atoms with Crippen molar-refractivity contribution in [3.8, 4) is 0 Å². The van der Waals surface area contributed by atoms with E-state index in [9.17, 15) is 9.59 Å². The molecule has 0 aliphatic rings. The van der Waals surface area contributed by atoms with Gasteiger partial charge in [-0.2, -0.15) is 4.98 Å². The number of hydrogen-bond acceptors (Lipinski definition) is 5. The van der Waals surface area contributed by atoms with E-state index in [0.717, 1.165) is 17.0 Å². The van der Waals surface area contributed by atoms with Crippen LogP contribution in [0.25, 0.3) is 5.78 Å². The molecule has 0 saturated heterocycles. The number of aryl methyl sites for hydroxylation is 2. The first kappa shape index (κ1) is 20.2. The quantitative estimate of drug-likeness (QED) is 0.521. The first-order chi connectivity index (χ1) is 14.9. The molecule has 0 spiro atoms. The zero-order valence-corrected chi connectivity index (χ0v) is 17.5. The Morgan fingerprint density at radius 1 is 0.935 bits per heavy atom. The summed E-state index contributed by atoms with van der Waals surface area (Å²) < 4.78 is 1.52. The molecule has 2 N–H and O–H groups in total. The second-order valence-electron chi connectivity index (χ2n) is 7.29. The fourth-order valence-electron chi connectivity index (χ4n) is 3.33. The zero-order valence-electron chi connectivity index (χ0n) is 17.5. The van der Waals surface area contributed by atoms with Gasteiger partial charge in [0.25, 0.3) is 17.6 Å². The number of nitrogens with one attached hydrogen (secondary N) is 2. The lowest BCUT2D eigenvalue weighted by molar-refractivity contribution is 0.0940. The van der Waals surface area contributed by atoms with Crippen LogP contribution in [0.2, 0.25) is 0 Å². The summed E-state index contributed by atoms with van der Waals surface area (Å²) in [5, 5.41) is 9.96. The molecular weight excluding hydrogens is 392 g/mol. The standard InChI is InChI=1S/C23H22N6O2/c1-14-13-15(2)29-23(24-14)27-20(28-29)22(31)26-19-12-8-7-11-18(19)21(30)25-16(3)17-9-5-4-6-10-17/h4-13,16H,1-3H3,(H,25,30)(H,26,31). The molecule has 4 aromatic rings. The molecule has 1 unspecified atom stereocenters. The summed E-state index contributed by atoms with van der Waals surface area (Å²) in [4.78, 5) is 34.2. The Balaban J connectivity index is 1.55. The van der Waals surface area contributed by atoms with Crippen molar-refractivity contribution in [1.29, 1.82) is 0 Å². The van der Waals surface area contributed by atoms with Crippen LogP contribution in [0.1, 0.15) is 50.9 Å². The monoisotopic (exact) mass is 414 g/mol. The van der Waals surface area contributed by atoms with Crippen molar-refractivity contribution in [2.75, 3.05) is 5.32 Å². The zero-order chi connectivity index (χ0) is 22.0. The topological polar surface area (TPSA) is 101 Å². The molecule has 8 heteroatoms. The molecule has 2 amide bonds. The molecule has 31 heavy (non-hydrogen) atoms. The van der Waals surface area contributed by atoms with Crippen molar-refractivity contribution in [2.24, 2.45) is 0 Å². The number of carbonyl (C=O) groups is 2. The van der Waals surface area contributed by atoms with Crippen LogP contribution in [0.5, 0.6) is 0 Å². The minimum Gasteiger partial charge on any atom is -0.345 e. The summed E-state index contributed by atoms with van der Waals surface area (Å²) in [5.41, 5.74) is 3.34. The number of rotatable bonds is 5. The minimum absolute atomic E-state index is 0.0194. The summed E-state index contributed by atoms with van der Waals surface area (Å²) in [5.74, 6) is -0.471. The molecule has 2 heterocycles. The second kappa shape index (κ2) is 8.35. The van der Waals surface area contributed by atoms with Crippen LogP contribution < -0.4 is 10.6 Å². The van der Waals surface area contributed by atoms with Crippen molar-refractivity contribution < 1.29 is 9.59 Å². The third kappa shape index (κ3) is 4.28. The molecule has 2 aromatic heterocycles. The number of carbonyl (C=O) groups excluding carboxylic acids is 2. The van der Waals surface area contributed by atoms with Gasteiger partial charge >= 0.3 is 0 Å². The van der Waals surface area contributed by atoms with E-state index in [0.29, 0.717) is 17.0 Å². The third-order valence-electron chi connectivity index (χ3n) is 4.89. The van der Waals surface area contributed by atoms with Crippen LogP contribution in [0.4, 0.5) is 5.69 Å². The van der Waals surface area contributed by atoms with E-state index in [-0.39, 0.29) is 17.8 Å². The molecule has 8 nitrogen and oxygen atoms in total. The maximum Gasteiger partial charge on any atom is 0.295 e. The lowest BCUT2D eigenvalue weighted by Gasteiger charge is -2.16. The van der Waals surface area contributed by atoms with Crippen LogP contribution in [0, 0.1) is 13.8 Å². The Morgan fingerprint density at radius 2 is 1.65 bits per heavy atom. The number of fused-ring (bicyclic) bond motifs is 1. The molecule has 4 rings (SSSR count). The SMILES string of the molecule is Cc1cc(C)n2nc(C(=O)Nc3ccccc3C(=O)NC(C)c3ccccc3)nc2n1. The van der Waals surface area contributed by atoms with Crippen molar-refractivity contribution in [2.45, 2.75) is 26.8 Å². The molecule has 0 aliphatic heterocycles. The molecule has 156 valence electrons. The van der Waals surface area contributed by atoms with E-state index in [2.05, 4.69) is 25.7 Å². The number of aromatic nitrogens is 4. The average molecular weight is 414 g/mol. The first-order valence-corrected chi connectivity index (χ1v) is 9.89. The molecule has 0 saturated carbocycles. The van der Waals surface area contributed by atoms with Crippen LogP contribution in [-0.4, -0.2) is 31.4 Å². The van der Waals surface area contributed by atoms with Gasteiger partial charge in [-0.25, -0.2) is 9.50 Å². The minimum atomic E-state index is -0.515. The van der Waals surface area contributed by atoms with Crippen LogP contribution in [0.15, 0.2) is 60.7 Å². The van der Waals surface area contributed by atoms with Gasteiger partial charge in [0.05, 0.1) is 17.3 Å². The van der Waals surface area contributed by atoms with Crippen molar-refractivity contribution >= 4 is 23.3 Å².